The molecule has 1 aliphatic heterocycles. The molecule has 0 radical (unpaired) electrons. The highest BCUT2D eigenvalue weighted by atomic mass is 16.7. The summed E-state index contributed by atoms with van der Waals surface area (Å²) in [5, 5.41) is 94.4. The maximum atomic E-state index is 9.76. The lowest BCUT2D eigenvalue weighted by Gasteiger charge is -2.40. The fourth-order valence-electron chi connectivity index (χ4n) is 2.26. The van der Waals surface area contributed by atoms with E-state index in [1.165, 1.54) is 0 Å². The van der Waals surface area contributed by atoms with Crippen LogP contribution < -0.4 is 0 Å². The minimum Gasteiger partial charge on any atom is -0.394 e. The Labute approximate surface area is 142 Å². The van der Waals surface area contributed by atoms with Gasteiger partial charge in [-0.2, -0.15) is 0 Å². The molecule has 1 aliphatic rings. The zero-order chi connectivity index (χ0) is 19.3. The van der Waals surface area contributed by atoms with Crippen LogP contribution >= 0.6 is 0 Å². The smallest absolute Gasteiger partial charge is 0.186 e. The molecule has 0 bridgehead atoms. The van der Waals surface area contributed by atoms with E-state index >= 15 is 0 Å². The Hall–Kier alpha value is -0.480. The van der Waals surface area contributed by atoms with Crippen LogP contribution in [0.1, 0.15) is 0 Å². The van der Waals surface area contributed by atoms with Gasteiger partial charge in [-0.15, -0.1) is 0 Å². The zero-order valence-electron chi connectivity index (χ0n) is 13.2. The van der Waals surface area contributed by atoms with Crippen molar-refractivity contribution in [3.8, 4) is 0 Å². The Kier molecular flexibility index (Phi) is 9.03. The van der Waals surface area contributed by atoms with Crippen molar-refractivity contribution in [3.05, 3.63) is 0 Å². The Morgan fingerprint density at radius 2 is 1.32 bits per heavy atom. The van der Waals surface area contributed by atoms with E-state index in [0.29, 0.717) is 0 Å². The van der Waals surface area contributed by atoms with Crippen molar-refractivity contribution in [2.24, 2.45) is 0 Å². The number of rotatable bonds is 9. The van der Waals surface area contributed by atoms with Crippen LogP contribution in [0, 0.1) is 0 Å². The number of aliphatic hydroxyl groups excluding tert-OH is 10. The first-order valence-electron chi connectivity index (χ1n) is 7.59. The van der Waals surface area contributed by atoms with Gasteiger partial charge in [0.25, 0.3) is 0 Å². The molecule has 12 heteroatoms. The lowest BCUT2D eigenvalue weighted by Crippen LogP contribution is -2.59. The standard InChI is InChI=1S/C13H26O12/c14-1-4(16)7(18)10(21)8(19)5(17)3-24-13-12(23)11(22)9(20)6(2-15)25-13/h4-23H,1-3H2/t4-,5+,6+,7-,8+,9+,10+,11-,12+,13?/m0/s1. The molecule has 10 N–H and O–H groups in total. The van der Waals surface area contributed by atoms with Gasteiger partial charge in [0.2, 0.25) is 0 Å². The molecule has 1 heterocycles. The topological polar surface area (TPSA) is 221 Å². The SMILES string of the molecule is OC[C@H](O)[C@H](O)[C@@H](O)[C@H](O)[C@H](O)COC1O[C@H](CO)[C@@H](O)[C@H](O)[C@H]1O. The number of ether oxygens (including phenoxy) is 2. The first-order chi connectivity index (χ1) is 11.6. The Morgan fingerprint density at radius 3 is 1.84 bits per heavy atom. The Balaban J connectivity index is 2.58. The molecular weight excluding hydrogens is 348 g/mol. The van der Waals surface area contributed by atoms with Crippen molar-refractivity contribution in [2.45, 2.75) is 61.2 Å². The monoisotopic (exact) mass is 374 g/mol. The first-order valence-corrected chi connectivity index (χ1v) is 7.59. The summed E-state index contributed by atoms with van der Waals surface area (Å²) in [7, 11) is 0. The molecule has 10 atom stereocenters. The summed E-state index contributed by atoms with van der Waals surface area (Å²) in [5.74, 6) is 0. The maximum Gasteiger partial charge on any atom is 0.186 e. The van der Waals surface area contributed by atoms with Gasteiger partial charge in [0, 0.05) is 0 Å². The summed E-state index contributed by atoms with van der Waals surface area (Å²) in [6, 6.07) is 0. The highest BCUT2D eigenvalue weighted by molar-refractivity contribution is 4.89. The quantitative estimate of drug-likeness (QED) is 0.182. The van der Waals surface area contributed by atoms with Crippen molar-refractivity contribution in [3.63, 3.8) is 0 Å². The molecule has 0 aromatic carbocycles. The van der Waals surface area contributed by atoms with E-state index in [-0.39, 0.29) is 0 Å². The normalized spacial score (nSPS) is 36.5. The maximum absolute atomic E-state index is 9.76. The summed E-state index contributed by atoms with van der Waals surface area (Å²) in [4.78, 5) is 0. The molecule has 1 unspecified atom stereocenters. The second-order valence-electron chi connectivity index (χ2n) is 5.82. The van der Waals surface area contributed by atoms with E-state index in [2.05, 4.69) is 0 Å². The first kappa shape index (κ1) is 22.6. The number of aliphatic hydroxyl groups is 10. The third-order valence-corrected chi connectivity index (χ3v) is 3.96. The van der Waals surface area contributed by atoms with Crippen LogP contribution in [0.2, 0.25) is 0 Å². The number of hydrogen-bond donors (Lipinski definition) is 10. The van der Waals surface area contributed by atoms with Crippen LogP contribution in [0.25, 0.3) is 0 Å². The van der Waals surface area contributed by atoms with Gasteiger partial charge in [0.1, 0.15) is 54.9 Å². The van der Waals surface area contributed by atoms with Crippen molar-refractivity contribution in [1.82, 2.24) is 0 Å². The van der Waals surface area contributed by atoms with Gasteiger partial charge in [-0.3, -0.25) is 0 Å². The van der Waals surface area contributed by atoms with Crippen LogP contribution in [-0.2, 0) is 9.47 Å². The van der Waals surface area contributed by atoms with Gasteiger partial charge in [-0.05, 0) is 0 Å². The van der Waals surface area contributed by atoms with E-state index in [1.807, 2.05) is 0 Å². The van der Waals surface area contributed by atoms with E-state index in [1.54, 1.807) is 0 Å². The van der Waals surface area contributed by atoms with Gasteiger partial charge < -0.3 is 60.5 Å². The Morgan fingerprint density at radius 1 is 0.760 bits per heavy atom. The summed E-state index contributed by atoms with van der Waals surface area (Å²) in [5.41, 5.74) is 0. The molecule has 0 spiro atoms. The summed E-state index contributed by atoms with van der Waals surface area (Å²) in [6.45, 7) is -2.30. The second-order valence-corrected chi connectivity index (χ2v) is 5.82. The van der Waals surface area contributed by atoms with E-state index < -0.39 is 81.0 Å². The zero-order valence-corrected chi connectivity index (χ0v) is 13.2. The molecule has 1 saturated heterocycles. The van der Waals surface area contributed by atoms with Crippen molar-refractivity contribution < 1.29 is 60.5 Å². The fraction of sp³-hybridized carbons (Fsp3) is 1.00. The largest absolute Gasteiger partial charge is 0.394 e. The fourth-order valence-corrected chi connectivity index (χ4v) is 2.26. The average Bonchev–Trinajstić information content (AvgIpc) is 2.62. The highest BCUT2D eigenvalue weighted by Crippen LogP contribution is 2.22. The predicted molar refractivity (Wildman–Crippen MR) is 76.8 cm³/mol. The summed E-state index contributed by atoms with van der Waals surface area (Å²) in [6.07, 6.45) is -17.3. The molecule has 150 valence electrons. The molecule has 25 heavy (non-hydrogen) atoms. The van der Waals surface area contributed by atoms with Crippen molar-refractivity contribution in [2.75, 3.05) is 19.8 Å². The van der Waals surface area contributed by atoms with Gasteiger partial charge in [-0.25, -0.2) is 0 Å². The second kappa shape index (κ2) is 10.0. The van der Waals surface area contributed by atoms with Crippen LogP contribution in [0.4, 0.5) is 0 Å². The summed E-state index contributed by atoms with van der Waals surface area (Å²) < 4.78 is 9.99. The third kappa shape index (κ3) is 5.50. The molecule has 1 rings (SSSR count). The summed E-state index contributed by atoms with van der Waals surface area (Å²) >= 11 is 0. The van der Waals surface area contributed by atoms with E-state index in [4.69, 9.17) is 19.7 Å². The Bertz CT molecular complexity index is 382. The third-order valence-electron chi connectivity index (χ3n) is 3.96. The van der Waals surface area contributed by atoms with Crippen LogP contribution in [0.3, 0.4) is 0 Å². The van der Waals surface area contributed by atoms with Crippen LogP contribution in [-0.4, -0.2) is 132 Å². The molecule has 0 saturated carbocycles. The molecule has 0 aromatic rings. The number of hydrogen-bond acceptors (Lipinski definition) is 12. The highest BCUT2D eigenvalue weighted by Gasteiger charge is 2.44. The lowest BCUT2D eigenvalue weighted by molar-refractivity contribution is -0.306. The molecule has 0 amide bonds. The lowest BCUT2D eigenvalue weighted by atomic mass is 9.99. The van der Waals surface area contributed by atoms with Gasteiger partial charge in [0.15, 0.2) is 6.29 Å². The molecule has 1 fully saturated rings. The van der Waals surface area contributed by atoms with Crippen LogP contribution in [0.15, 0.2) is 0 Å². The van der Waals surface area contributed by atoms with E-state index in [9.17, 15) is 40.9 Å². The van der Waals surface area contributed by atoms with Crippen molar-refractivity contribution >= 4 is 0 Å². The minimum absolute atomic E-state index is 0.681. The molecule has 0 aromatic heterocycles. The van der Waals surface area contributed by atoms with Gasteiger partial charge in [0.05, 0.1) is 19.8 Å². The molecule has 12 nitrogen and oxygen atoms in total. The van der Waals surface area contributed by atoms with Crippen LogP contribution in [0.5, 0.6) is 0 Å². The van der Waals surface area contributed by atoms with Gasteiger partial charge in [-0.1, -0.05) is 0 Å². The minimum atomic E-state index is -2.02. The van der Waals surface area contributed by atoms with Crippen molar-refractivity contribution in [1.29, 1.82) is 0 Å². The predicted octanol–water partition coefficient (Wildman–Crippen LogP) is -6.40. The molecule has 0 aliphatic carbocycles. The van der Waals surface area contributed by atoms with E-state index in [0.717, 1.165) is 0 Å². The van der Waals surface area contributed by atoms with Gasteiger partial charge >= 0.3 is 0 Å². The average molecular weight is 374 g/mol. The molecular formula is C13H26O12.